The number of sulfone groups is 1. The molecule has 0 amide bonds. The van der Waals surface area contributed by atoms with E-state index in [9.17, 15) is 21.6 Å². The van der Waals surface area contributed by atoms with Crippen LogP contribution in [0.2, 0.25) is 0 Å². The first kappa shape index (κ1) is 18.6. The maximum absolute atomic E-state index is 12.2. The molecule has 0 bridgehead atoms. The molecule has 1 rings (SSSR count). The lowest BCUT2D eigenvalue weighted by molar-refractivity contribution is -0.139. The first-order chi connectivity index (χ1) is 10.1. The summed E-state index contributed by atoms with van der Waals surface area (Å²) in [7, 11) is -7.67. The summed E-state index contributed by atoms with van der Waals surface area (Å²) in [6.45, 7) is 1.86. The predicted molar refractivity (Wildman–Crippen MR) is 80.8 cm³/mol. The summed E-state index contributed by atoms with van der Waals surface area (Å²) in [4.78, 5) is 10.7. The van der Waals surface area contributed by atoms with Gasteiger partial charge in [0.25, 0.3) is 0 Å². The number of carbonyl (C=O) groups is 1. The van der Waals surface area contributed by atoms with E-state index in [1.807, 2.05) is 6.92 Å². The summed E-state index contributed by atoms with van der Waals surface area (Å²) < 4.78 is 49.5. The van der Waals surface area contributed by atoms with E-state index in [0.29, 0.717) is 6.42 Å². The van der Waals surface area contributed by atoms with Gasteiger partial charge in [0.2, 0.25) is 10.0 Å². The maximum Gasteiger partial charge on any atom is 0.321 e. The maximum atomic E-state index is 12.2. The lowest BCUT2D eigenvalue weighted by Crippen LogP contribution is -2.40. The highest BCUT2D eigenvalue weighted by Gasteiger charge is 2.25. The Hall–Kier alpha value is -1.45. The Bertz CT molecular complexity index is 740. The molecule has 9 heteroatoms. The van der Waals surface area contributed by atoms with Crippen molar-refractivity contribution >= 4 is 25.8 Å². The molecule has 0 saturated carbocycles. The number of sulfonamides is 1. The SMILES string of the molecule is CCCCC(NS(=O)(=O)c1cccc(S(C)(=O)=O)c1)C(=O)O. The van der Waals surface area contributed by atoms with Crippen molar-refractivity contribution in [3.63, 3.8) is 0 Å². The highest BCUT2D eigenvalue weighted by atomic mass is 32.2. The van der Waals surface area contributed by atoms with Crippen LogP contribution in [0, 0.1) is 0 Å². The van der Waals surface area contributed by atoms with Crippen molar-refractivity contribution in [3.8, 4) is 0 Å². The fourth-order valence-corrected chi connectivity index (χ4v) is 3.78. The third-order valence-corrected chi connectivity index (χ3v) is 5.57. The van der Waals surface area contributed by atoms with Crippen LogP contribution in [-0.4, -0.2) is 40.2 Å². The molecule has 1 atom stereocenters. The molecule has 1 aromatic carbocycles. The van der Waals surface area contributed by atoms with E-state index in [-0.39, 0.29) is 16.2 Å². The standard InChI is InChI=1S/C13H19NO6S2/c1-3-4-8-12(13(15)16)14-22(19,20)11-7-5-6-10(9-11)21(2,17)18/h5-7,9,12,14H,3-4,8H2,1-2H3,(H,15,16). The van der Waals surface area contributed by atoms with E-state index in [0.717, 1.165) is 18.7 Å². The second-order valence-corrected chi connectivity index (χ2v) is 8.63. The lowest BCUT2D eigenvalue weighted by Gasteiger charge is -2.14. The molecule has 0 aliphatic rings. The molecular formula is C13H19NO6S2. The van der Waals surface area contributed by atoms with Crippen LogP contribution in [0.5, 0.6) is 0 Å². The number of rotatable bonds is 8. The number of nitrogens with one attached hydrogen (secondary N) is 1. The van der Waals surface area contributed by atoms with Gasteiger partial charge < -0.3 is 5.11 Å². The van der Waals surface area contributed by atoms with Crippen molar-refractivity contribution in [2.75, 3.05) is 6.26 Å². The minimum absolute atomic E-state index is 0.143. The molecule has 0 aromatic heterocycles. The molecule has 0 saturated heterocycles. The molecule has 7 nitrogen and oxygen atoms in total. The smallest absolute Gasteiger partial charge is 0.321 e. The Morgan fingerprint density at radius 2 is 1.82 bits per heavy atom. The topological polar surface area (TPSA) is 118 Å². The quantitative estimate of drug-likeness (QED) is 0.723. The first-order valence-electron chi connectivity index (χ1n) is 6.63. The number of aliphatic carboxylic acids is 1. The van der Waals surface area contributed by atoms with Crippen molar-refractivity contribution in [1.82, 2.24) is 4.72 Å². The third kappa shape index (κ3) is 5.08. The first-order valence-corrected chi connectivity index (χ1v) is 10.0. The van der Waals surface area contributed by atoms with Gasteiger partial charge >= 0.3 is 5.97 Å². The number of carboxylic acids is 1. The zero-order valence-corrected chi connectivity index (χ0v) is 13.9. The Kier molecular flexibility index (Phi) is 6.09. The molecule has 1 aromatic rings. The van der Waals surface area contributed by atoms with Crippen molar-refractivity contribution in [3.05, 3.63) is 24.3 Å². The summed E-state index contributed by atoms with van der Waals surface area (Å²) in [6.07, 6.45) is 2.42. The molecule has 0 radical (unpaired) electrons. The van der Waals surface area contributed by atoms with Crippen LogP contribution in [0.4, 0.5) is 0 Å². The van der Waals surface area contributed by atoms with Gasteiger partial charge in [0, 0.05) is 6.26 Å². The number of hydrogen-bond acceptors (Lipinski definition) is 5. The van der Waals surface area contributed by atoms with Gasteiger partial charge in [-0.15, -0.1) is 0 Å². The van der Waals surface area contributed by atoms with Gasteiger partial charge in [-0.25, -0.2) is 16.8 Å². The fourth-order valence-electron chi connectivity index (χ4n) is 1.77. The Balaban J connectivity index is 3.11. The summed E-state index contributed by atoms with van der Waals surface area (Å²) in [5.41, 5.74) is 0. The van der Waals surface area contributed by atoms with Crippen LogP contribution in [0.3, 0.4) is 0 Å². The molecule has 124 valence electrons. The molecule has 0 spiro atoms. The molecule has 22 heavy (non-hydrogen) atoms. The third-order valence-electron chi connectivity index (χ3n) is 2.99. The zero-order chi connectivity index (χ0) is 17.0. The van der Waals surface area contributed by atoms with E-state index in [4.69, 9.17) is 5.11 Å². The lowest BCUT2D eigenvalue weighted by atomic mass is 10.1. The van der Waals surface area contributed by atoms with E-state index in [2.05, 4.69) is 4.72 Å². The van der Waals surface area contributed by atoms with Crippen molar-refractivity contribution < 1.29 is 26.7 Å². The van der Waals surface area contributed by atoms with Gasteiger partial charge in [-0.05, 0) is 24.6 Å². The van der Waals surface area contributed by atoms with Gasteiger partial charge in [0.1, 0.15) is 6.04 Å². The van der Waals surface area contributed by atoms with E-state index >= 15 is 0 Å². The average Bonchev–Trinajstić information content (AvgIpc) is 2.42. The van der Waals surface area contributed by atoms with E-state index in [1.165, 1.54) is 18.2 Å². The summed E-state index contributed by atoms with van der Waals surface area (Å²) >= 11 is 0. The van der Waals surface area contributed by atoms with Crippen LogP contribution in [-0.2, 0) is 24.7 Å². The summed E-state index contributed by atoms with van der Waals surface area (Å²) in [6, 6.07) is 3.56. The highest BCUT2D eigenvalue weighted by Crippen LogP contribution is 2.16. The molecular weight excluding hydrogens is 330 g/mol. The minimum Gasteiger partial charge on any atom is -0.480 e. The Morgan fingerprint density at radius 1 is 1.23 bits per heavy atom. The predicted octanol–water partition coefficient (Wildman–Crippen LogP) is 1.01. The molecule has 0 aliphatic heterocycles. The van der Waals surface area contributed by atoms with Gasteiger partial charge in [0.15, 0.2) is 9.84 Å². The van der Waals surface area contributed by atoms with Crippen molar-refractivity contribution in [2.24, 2.45) is 0 Å². The summed E-state index contributed by atoms with van der Waals surface area (Å²) in [5.74, 6) is -1.27. The van der Waals surface area contributed by atoms with E-state index < -0.39 is 31.9 Å². The molecule has 0 heterocycles. The molecule has 0 fully saturated rings. The minimum atomic E-state index is -4.11. The largest absolute Gasteiger partial charge is 0.480 e. The number of hydrogen-bond donors (Lipinski definition) is 2. The van der Waals surface area contributed by atoms with Crippen LogP contribution < -0.4 is 4.72 Å². The van der Waals surface area contributed by atoms with Crippen LogP contribution >= 0.6 is 0 Å². The monoisotopic (exact) mass is 349 g/mol. The van der Waals surface area contributed by atoms with Crippen molar-refractivity contribution in [1.29, 1.82) is 0 Å². The second-order valence-electron chi connectivity index (χ2n) is 4.90. The van der Waals surface area contributed by atoms with Crippen LogP contribution in [0.15, 0.2) is 34.1 Å². The van der Waals surface area contributed by atoms with E-state index in [1.54, 1.807) is 0 Å². The molecule has 0 aliphatic carbocycles. The highest BCUT2D eigenvalue weighted by molar-refractivity contribution is 7.91. The second kappa shape index (κ2) is 7.21. The fraction of sp³-hybridized carbons (Fsp3) is 0.462. The molecule has 1 unspecified atom stereocenters. The molecule has 2 N–H and O–H groups in total. The van der Waals surface area contributed by atoms with Crippen LogP contribution in [0.1, 0.15) is 26.2 Å². The number of unbranched alkanes of at least 4 members (excludes halogenated alkanes) is 1. The van der Waals surface area contributed by atoms with Gasteiger partial charge in [-0.1, -0.05) is 25.8 Å². The van der Waals surface area contributed by atoms with Gasteiger partial charge in [-0.3, -0.25) is 4.79 Å². The average molecular weight is 349 g/mol. The van der Waals surface area contributed by atoms with Gasteiger partial charge in [0.05, 0.1) is 9.79 Å². The van der Waals surface area contributed by atoms with Crippen molar-refractivity contribution in [2.45, 2.75) is 42.0 Å². The van der Waals surface area contributed by atoms with Gasteiger partial charge in [-0.2, -0.15) is 4.72 Å². The summed E-state index contributed by atoms with van der Waals surface area (Å²) in [5, 5.41) is 9.07. The van der Waals surface area contributed by atoms with Crippen LogP contribution in [0.25, 0.3) is 0 Å². The number of benzene rings is 1. The Morgan fingerprint density at radius 3 is 2.32 bits per heavy atom. The normalized spacial score (nSPS) is 13.7. The number of carboxylic acid groups (broad SMARTS) is 1. The Labute approximate surface area is 130 Å². The zero-order valence-electron chi connectivity index (χ0n) is 12.3.